The lowest BCUT2D eigenvalue weighted by molar-refractivity contribution is -0.0334. The van der Waals surface area contributed by atoms with Crippen molar-refractivity contribution in [1.82, 2.24) is 15.5 Å². The largest absolute Gasteiger partial charge is 0.385 e. The Morgan fingerprint density at radius 2 is 2.36 bits per heavy atom. The number of rotatable bonds is 8. The molecule has 0 saturated carbocycles. The number of halogens is 1. The van der Waals surface area contributed by atoms with Crippen LogP contribution in [0.15, 0.2) is 22.5 Å². The Morgan fingerprint density at radius 1 is 1.52 bits per heavy atom. The number of morpholine rings is 1. The van der Waals surface area contributed by atoms with Crippen molar-refractivity contribution in [2.24, 2.45) is 4.99 Å². The highest BCUT2D eigenvalue weighted by molar-refractivity contribution is 14.0. The Morgan fingerprint density at radius 3 is 3.00 bits per heavy atom. The molecule has 0 spiro atoms. The SMILES string of the molecule is CN=C(NCCCOC)NCC(c1cccs1)N1CCOC(C)C1.I. The van der Waals surface area contributed by atoms with E-state index in [-0.39, 0.29) is 30.1 Å². The normalized spacial score (nSPS) is 20.0. The number of ether oxygens (including phenoxy) is 2. The summed E-state index contributed by atoms with van der Waals surface area (Å²) in [6, 6.07) is 4.68. The third-order valence-corrected chi connectivity index (χ3v) is 5.06. The van der Waals surface area contributed by atoms with Gasteiger partial charge >= 0.3 is 0 Å². The van der Waals surface area contributed by atoms with E-state index >= 15 is 0 Å². The van der Waals surface area contributed by atoms with E-state index < -0.39 is 0 Å². The van der Waals surface area contributed by atoms with Crippen molar-refractivity contribution < 1.29 is 9.47 Å². The lowest BCUT2D eigenvalue weighted by Gasteiger charge is -2.37. The highest BCUT2D eigenvalue weighted by atomic mass is 127. The quantitative estimate of drug-likeness (QED) is 0.258. The predicted octanol–water partition coefficient (Wildman–Crippen LogP) is 2.33. The van der Waals surface area contributed by atoms with Crippen LogP contribution in [0.4, 0.5) is 0 Å². The summed E-state index contributed by atoms with van der Waals surface area (Å²) < 4.78 is 10.8. The molecule has 1 aliphatic heterocycles. The van der Waals surface area contributed by atoms with Crippen molar-refractivity contribution in [3.63, 3.8) is 0 Å². The second-order valence-electron chi connectivity index (χ2n) is 5.93. The molecule has 2 rings (SSSR count). The standard InChI is InChI=1S/C17H30N4O2S.HI/c1-14-13-21(8-10-23-14)15(16-6-4-11-24-16)12-20-17(18-2)19-7-5-9-22-3;/h4,6,11,14-15H,5,7-10,12-13H2,1-3H3,(H2,18,19,20);1H. The van der Waals surface area contributed by atoms with E-state index in [1.807, 2.05) is 18.4 Å². The van der Waals surface area contributed by atoms with Crippen molar-refractivity contribution in [2.45, 2.75) is 25.5 Å². The molecule has 2 N–H and O–H groups in total. The smallest absolute Gasteiger partial charge is 0.191 e. The van der Waals surface area contributed by atoms with Crippen LogP contribution < -0.4 is 10.6 Å². The summed E-state index contributed by atoms with van der Waals surface area (Å²) in [5.41, 5.74) is 0. The molecular formula is C17H31IN4O2S. The van der Waals surface area contributed by atoms with Gasteiger partial charge in [-0.1, -0.05) is 6.07 Å². The summed E-state index contributed by atoms with van der Waals surface area (Å²) in [7, 11) is 3.53. The number of thiophene rings is 1. The van der Waals surface area contributed by atoms with Crippen LogP contribution in [0.3, 0.4) is 0 Å². The first kappa shape index (κ1) is 22.6. The number of nitrogens with zero attached hydrogens (tertiary/aromatic N) is 2. The summed E-state index contributed by atoms with van der Waals surface area (Å²) in [5, 5.41) is 8.95. The molecule has 2 heterocycles. The van der Waals surface area contributed by atoms with Crippen molar-refractivity contribution >= 4 is 41.3 Å². The highest BCUT2D eigenvalue weighted by Crippen LogP contribution is 2.26. The maximum absolute atomic E-state index is 5.69. The van der Waals surface area contributed by atoms with E-state index in [9.17, 15) is 0 Å². The van der Waals surface area contributed by atoms with Gasteiger partial charge in [-0.15, -0.1) is 35.3 Å². The molecule has 0 bridgehead atoms. The Kier molecular flexibility index (Phi) is 11.6. The number of aliphatic imine (C=N–C) groups is 1. The van der Waals surface area contributed by atoms with Gasteiger partial charge in [0.25, 0.3) is 0 Å². The molecule has 0 aromatic carbocycles. The first-order chi connectivity index (χ1) is 11.7. The maximum Gasteiger partial charge on any atom is 0.191 e. The van der Waals surface area contributed by atoms with Gasteiger partial charge in [0.1, 0.15) is 0 Å². The zero-order valence-electron chi connectivity index (χ0n) is 15.4. The molecule has 1 saturated heterocycles. The van der Waals surface area contributed by atoms with Gasteiger partial charge < -0.3 is 20.1 Å². The zero-order chi connectivity index (χ0) is 17.2. The molecule has 1 aromatic rings. The van der Waals surface area contributed by atoms with Gasteiger partial charge in [-0.2, -0.15) is 0 Å². The van der Waals surface area contributed by atoms with E-state index in [1.165, 1.54) is 4.88 Å². The molecule has 0 amide bonds. The van der Waals surface area contributed by atoms with Gasteiger partial charge in [-0.25, -0.2) is 0 Å². The minimum atomic E-state index is 0. The second-order valence-corrected chi connectivity index (χ2v) is 6.91. The molecule has 8 heteroatoms. The third-order valence-electron chi connectivity index (χ3n) is 4.09. The zero-order valence-corrected chi connectivity index (χ0v) is 18.5. The lowest BCUT2D eigenvalue weighted by atomic mass is 10.1. The van der Waals surface area contributed by atoms with Crippen LogP contribution >= 0.6 is 35.3 Å². The summed E-state index contributed by atoms with van der Waals surface area (Å²) >= 11 is 1.81. The number of hydrogen-bond acceptors (Lipinski definition) is 5. The van der Waals surface area contributed by atoms with Crippen molar-refractivity contribution in [1.29, 1.82) is 0 Å². The van der Waals surface area contributed by atoms with Crippen LogP contribution in [0, 0.1) is 0 Å². The van der Waals surface area contributed by atoms with E-state index in [1.54, 1.807) is 7.11 Å². The monoisotopic (exact) mass is 482 g/mol. The molecule has 6 nitrogen and oxygen atoms in total. The topological polar surface area (TPSA) is 58.1 Å². The molecule has 2 unspecified atom stereocenters. The minimum absolute atomic E-state index is 0. The average Bonchev–Trinajstić information content (AvgIpc) is 3.11. The first-order valence-electron chi connectivity index (χ1n) is 8.57. The van der Waals surface area contributed by atoms with E-state index in [0.717, 1.165) is 51.8 Å². The molecule has 0 aliphatic carbocycles. The molecule has 2 atom stereocenters. The molecule has 25 heavy (non-hydrogen) atoms. The van der Waals surface area contributed by atoms with E-state index in [4.69, 9.17) is 9.47 Å². The molecule has 1 aliphatic rings. The Balaban J connectivity index is 0.00000312. The maximum atomic E-state index is 5.69. The van der Waals surface area contributed by atoms with E-state index in [0.29, 0.717) is 6.04 Å². The van der Waals surface area contributed by atoms with Crippen molar-refractivity contribution in [2.75, 3.05) is 53.6 Å². The average molecular weight is 482 g/mol. The van der Waals surface area contributed by atoms with Gasteiger partial charge in [0.05, 0.1) is 18.8 Å². The fraction of sp³-hybridized carbons (Fsp3) is 0.706. The summed E-state index contributed by atoms with van der Waals surface area (Å²) in [6.07, 6.45) is 1.25. The molecule has 144 valence electrons. The molecular weight excluding hydrogens is 451 g/mol. The minimum Gasteiger partial charge on any atom is -0.385 e. The molecule has 1 fully saturated rings. The Bertz CT molecular complexity index is 487. The van der Waals surface area contributed by atoms with Crippen molar-refractivity contribution in [3.05, 3.63) is 22.4 Å². The van der Waals surface area contributed by atoms with Gasteiger partial charge in [0.2, 0.25) is 0 Å². The van der Waals surface area contributed by atoms with Gasteiger partial charge in [-0.3, -0.25) is 9.89 Å². The summed E-state index contributed by atoms with van der Waals surface area (Å²) in [5.74, 6) is 0.842. The van der Waals surface area contributed by atoms with Crippen LogP contribution in [0.5, 0.6) is 0 Å². The molecule has 1 aromatic heterocycles. The van der Waals surface area contributed by atoms with Crippen LogP contribution in [0.1, 0.15) is 24.3 Å². The molecule has 0 radical (unpaired) electrons. The second kappa shape index (κ2) is 12.9. The first-order valence-corrected chi connectivity index (χ1v) is 9.45. The van der Waals surface area contributed by atoms with Gasteiger partial charge in [0, 0.05) is 51.8 Å². The van der Waals surface area contributed by atoms with Crippen LogP contribution in [-0.2, 0) is 9.47 Å². The number of hydrogen-bond donors (Lipinski definition) is 2. The number of methoxy groups -OCH3 is 1. The number of nitrogens with one attached hydrogen (secondary N) is 2. The Hall–Kier alpha value is -0.420. The summed E-state index contributed by atoms with van der Waals surface area (Å²) in [4.78, 5) is 8.20. The lowest BCUT2D eigenvalue weighted by Crippen LogP contribution is -2.48. The number of guanidine groups is 1. The van der Waals surface area contributed by atoms with Gasteiger partial charge in [0.15, 0.2) is 5.96 Å². The Labute approximate surface area is 172 Å². The third kappa shape index (κ3) is 7.78. The highest BCUT2D eigenvalue weighted by Gasteiger charge is 2.26. The van der Waals surface area contributed by atoms with Crippen LogP contribution in [-0.4, -0.2) is 70.5 Å². The predicted molar refractivity (Wildman–Crippen MR) is 115 cm³/mol. The van der Waals surface area contributed by atoms with Crippen LogP contribution in [0.2, 0.25) is 0 Å². The van der Waals surface area contributed by atoms with Gasteiger partial charge in [-0.05, 0) is 24.8 Å². The van der Waals surface area contributed by atoms with E-state index in [2.05, 4.69) is 45.0 Å². The van der Waals surface area contributed by atoms with Crippen LogP contribution in [0.25, 0.3) is 0 Å². The fourth-order valence-electron chi connectivity index (χ4n) is 2.86. The summed E-state index contributed by atoms with van der Waals surface area (Å²) in [6.45, 7) is 7.31. The fourth-order valence-corrected chi connectivity index (χ4v) is 3.72. The van der Waals surface area contributed by atoms with Crippen molar-refractivity contribution in [3.8, 4) is 0 Å².